The number of hydrogen-bond acceptors (Lipinski definition) is 4. The van der Waals surface area contributed by atoms with E-state index in [2.05, 4.69) is 5.32 Å². The van der Waals surface area contributed by atoms with E-state index >= 15 is 0 Å². The molecule has 0 saturated carbocycles. The highest BCUT2D eigenvalue weighted by Gasteiger charge is 2.28. The second-order valence-electron chi connectivity index (χ2n) is 7.43. The Bertz CT molecular complexity index is 965. The van der Waals surface area contributed by atoms with E-state index in [9.17, 15) is 13.2 Å². The maximum Gasteiger partial charge on any atom is 0.255 e. The van der Waals surface area contributed by atoms with Crippen LogP contribution in [0.25, 0.3) is 0 Å². The Morgan fingerprint density at radius 1 is 1.07 bits per heavy atom. The average Bonchev–Trinajstić information content (AvgIpc) is 2.74. The van der Waals surface area contributed by atoms with Crippen molar-refractivity contribution in [2.75, 3.05) is 20.2 Å². The molecule has 1 N–H and O–H groups in total. The van der Waals surface area contributed by atoms with Gasteiger partial charge in [-0.25, -0.2) is 8.42 Å². The van der Waals surface area contributed by atoms with Gasteiger partial charge < -0.3 is 10.1 Å². The molecule has 1 fully saturated rings. The van der Waals surface area contributed by atoms with E-state index in [-0.39, 0.29) is 22.4 Å². The number of nitrogens with zero attached hydrogens (tertiary/aromatic N) is 1. The molecule has 0 radical (unpaired) electrons. The largest absolute Gasteiger partial charge is 0.496 e. The second-order valence-corrected chi connectivity index (χ2v) is 9.37. The van der Waals surface area contributed by atoms with E-state index in [4.69, 9.17) is 4.74 Å². The molecular formula is C22H28N2O4S. The van der Waals surface area contributed by atoms with Gasteiger partial charge in [0.15, 0.2) is 0 Å². The SMILES string of the molecule is COc1ccc(S(=O)(=O)N2CCCCC2)cc1C(=O)NC(C)c1ccc(C)cc1. The molecule has 0 bridgehead atoms. The molecule has 3 rings (SSSR count). The lowest BCUT2D eigenvalue weighted by Gasteiger charge is -2.26. The first-order chi connectivity index (χ1) is 13.8. The average molecular weight is 417 g/mol. The molecule has 0 spiro atoms. The van der Waals surface area contributed by atoms with Crippen LogP contribution in [0.1, 0.15) is 53.7 Å². The van der Waals surface area contributed by atoms with Crippen LogP contribution in [0.3, 0.4) is 0 Å². The van der Waals surface area contributed by atoms with Crippen molar-refractivity contribution in [3.63, 3.8) is 0 Å². The molecule has 2 aromatic carbocycles. The van der Waals surface area contributed by atoms with Crippen LogP contribution >= 0.6 is 0 Å². The molecule has 0 aliphatic carbocycles. The van der Waals surface area contributed by atoms with Crippen molar-refractivity contribution in [3.8, 4) is 5.75 Å². The van der Waals surface area contributed by atoms with E-state index in [0.717, 1.165) is 30.4 Å². The van der Waals surface area contributed by atoms with E-state index in [1.165, 1.54) is 23.5 Å². The monoisotopic (exact) mass is 416 g/mol. The highest BCUT2D eigenvalue weighted by atomic mass is 32.2. The molecule has 1 atom stereocenters. The third kappa shape index (κ3) is 4.79. The summed E-state index contributed by atoms with van der Waals surface area (Å²) in [6.45, 7) is 4.93. The van der Waals surface area contributed by atoms with Gasteiger partial charge in [0.1, 0.15) is 5.75 Å². The van der Waals surface area contributed by atoms with Gasteiger partial charge >= 0.3 is 0 Å². The number of carbonyl (C=O) groups excluding carboxylic acids is 1. The number of nitrogens with one attached hydrogen (secondary N) is 1. The molecule has 0 aromatic heterocycles. The van der Waals surface area contributed by atoms with E-state index in [1.54, 1.807) is 6.07 Å². The fraction of sp³-hybridized carbons (Fsp3) is 0.409. The van der Waals surface area contributed by atoms with Crippen LogP contribution < -0.4 is 10.1 Å². The Morgan fingerprint density at radius 3 is 2.34 bits per heavy atom. The van der Waals surface area contributed by atoms with Gasteiger partial charge in [-0.2, -0.15) is 4.31 Å². The number of benzene rings is 2. The van der Waals surface area contributed by atoms with E-state index < -0.39 is 10.0 Å². The smallest absolute Gasteiger partial charge is 0.255 e. The third-order valence-electron chi connectivity index (χ3n) is 5.29. The standard InChI is InChI=1S/C22H28N2O4S/c1-16-7-9-18(10-8-16)17(2)23-22(25)20-15-19(11-12-21(20)28-3)29(26,27)24-13-5-4-6-14-24/h7-12,15,17H,4-6,13-14H2,1-3H3,(H,23,25). The molecule has 1 heterocycles. The summed E-state index contributed by atoms with van der Waals surface area (Å²) >= 11 is 0. The van der Waals surface area contributed by atoms with E-state index in [1.807, 2.05) is 38.1 Å². The quantitative estimate of drug-likeness (QED) is 0.780. The van der Waals surface area contributed by atoms with Crippen LogP contribution in [0.15, 0.2) is 47.4 Å². The fourth-order valence-corrected chi connectivity index (χ4v) is 5.04. The number of hydrogen-bond donors (Lipinski definition) is 1. The summed E-state index contributed by atoms with van der Waals surface area (Å²) in [4.78, 5) is 13.0. The van der Waals surface area contributed by atoms with Gasteiger partial charge in [-0.3, -0.25) is 4.79 Å². The molecule has 1 aliphatic rings. The minimum absolute atomic E-state index is 0.119. The first kappa shape index (κ1) is 21.3. The van der Waals surface area contributed by atoms with Gasteiger partial charge in [-0.05, 0) is 50.5 Å². The second kappa shape index (κ2) is 8.97. The minimum atomic E-state index is -3.63. The number of rotatable bonds is 6. The maximum atomic E-state index is 13.0. The van der Waals surface area contributed by atoms with Gasteiger partial charge in [-0.1, -0.05) is 36.2 Å². The van der Waals surface area contributed by atoms with Crippen molar-refractivity contribution in [2.24, 2.45) is 0 Å². The highest BCUT2D eigenvalue weighted by Crippen LogP contribution is 2.27. The van der Waals surface area contributed by atoms with Gasteiger partial charge in [-0.15, -0.1) is 0 Å². The number of aryl methyl sites for hydroxylation is 1. The summed E-state index contributed by atoms with van der Waals surface area (Å²) in [5.41, 5.74) is 2.33. The highest BCUT2D eigenvalue weighted by molar-refractivity contribution is 7.89. The van der Waals surface area contributed by atoms with Crippen LogP contribution in [0, 0.1) is 6.92 Å². The lowest BCUT2D eigenvalue weighted by Crippen LogP contribution is -2.35. The number of ether oxygens (including phenoxy) is 1. The fourth-order valence-electron chi connectivity index (χ4n) is 3.49. The predicted octanol–water partition coefficient (Wildman–Crippen LogP) is 3.67. The first-order valence-corrected chi connectivity index (χ1v) is 11.3. The Kier molecular flexibility index (Phi) is 6.59. The molecule has 29 heavy (non-hydrogen) atoms. The van der Waals surface area contributed by atoms with Crippen molar-refractivity contribution in [3.05, 3.63) is 59.2 Å². The summed E-state index contributed by atoms with van der Waals surface area (Å²) in [5, 5.41) is 2.94. The van der Waals surface area contributed by atoms with Crippen LogP contribution in [0.5, 0.6) is 5.75 Å². The molecule has 1 amide bonds. The Hall–Kier alpha value is -2.38. The topological polar surface area (TPSA) is 75.7 Å². The summed E-state index contributed by atoms with van der Waals surface area (Å²) in [6.07, 6.45) is 2.76. The van der Waals surface area contributed by atoms with Gasteiger partial charge in [0, 0.05) is 13.1 Å². The minimum Gasteiger partial charge on any atom is -0.496 e. The van der Waals surface area contributed by atoms with Crippen molar-refractivity contribution in [2.45, 2.75) is 44.0 Å². The van der Waals surface area contributed by atoms with Crippen LogP contribution in [0.4, 0.5) is 0 Å². The molecule has 1 saturated heterocycles. The number of sulfonamides is 1. The number of carbonyl (C=O) groups is 1. The van der Waals surface area contributed by atoms with Crippen molar-refractivity contribution in [1.82, 2.24) is 9.62 Å². The Morgan fingerprint density at radius 2 is 1.72 bits per heavy atom. The zero-order chi connectivity index (χ0) is 21.0. The van der Waals surface area contributed by atoms with Gasteiger partial charge in [0.25, 0.3) is 5.91 Å². The van der Waals surface area contributed by atoms with E-state index in [0.29, 0.717) is 18.8 Å². The molecule has 6 nitrogen and oxygen atoms in total. The Labute approximate surface area is 172 Å². The number of amides is 1. The van der Waals surface area contributed by atoms with Crippen molar-refractivity contribution in [1.29, 1.82) is 0 Å². The third-order valence-corrected chi connectivity index (χ3v) is 7.19. The predicted molar refractivity (Wildman–Crippen MR) is 113 cm³/mol. The first-order valence-electron chi connectivity index (χ1n) is 9.88. The van der Waals surface area contributed by atoms with Crippen molar-refractivity contribution < 1.29 is 17.9 Å². The molecule has 1 aliphatic heterocycles. The van der Waals surface area contributed by atoms with Gasteiger partial charge in [0.05, 0.1) is 23.6 Å². The number of piperidine rings is 1. The normalized spacial score (nSPS) is 16.2. The number of methoxy groups -OCH3 is 1. The lowest BCUT2D eigenvalue weighted by atomic mass is 10.1. The molecule has 156 valence electrons. The van der Waals surface area contributed by atoms with Gasteiger partial charge in [0.2, 0.25) is 10.0 Å². The molecule has 7 heteroatoms. The molecule has 2 aromatic rings. The summed E-state index contributed by atoms with van der Waals surface area (Å²) in [5.74, 6) is -0.0261. The van der Waals surface area contributed by atoms with Crippen LogP contribution in [-0.4, -0.2) is 38.8 Å². The zero-order valence-corrected chi connectivity index (χ0v) is 18.0. The summed E-state index contributed by atoms with van der Waals surface area (Å²) < 4.78 is 32.8. The Balaban J connectivity index is 1.86. The zero-order valence-electron chi connectivity index (χ0n) is 17.1. The van der Waals surface area contributed by atoms with Crippen LogP contribution in [0.2, 0.25) is 0 Å². The maximum absolute atomic E-state index is 13.0. The van der Waals surface area contributed by atoms with Crippen LogP contribution in [-0.2, 0) is 10.0 Å². The van der Waals surface area contributed by atoms with Crippen molar-refractivity contribution >= 4 is 15.9 Å². The lowest BCUT2D eigenvalue weighted by molar-refractivity contribution is 0.0936. The summed E-state index contributed by atoms with van der Waals surface area (Å²) in [7, 11) is -2.16. The molecule has 1 unspecified atom stereocenters. The summed E-state index contributed by atoms with van der Waals surface area (Å²) in [6, 6.07) is 12.2. The molecular weight excluding hydrogens is 388 g/mol.